The minimum Gasteiger partial charge on any atom is -0.336 e. The first-order chi connectivity index (χ1) is 12.1. The molecule has 138 valence electrons. The SMILES string of the molecule is Cc1ccc(NC(=O)CN(C)C(=O)Cc2cccc(C(F)(F)F)c2)cc1. The fourth-order valence-corrected chi connectivity index (χ4v) is 2.31. The van der Waals surface area contributed by atoms with Gasteiger partial charge in [0.05, 0.1) is 18.5 Å². The fourth-order valence-electron chi connectivity index (χ4n) is 2.31. The van der Waals surface area contributed by atoms with Crippen molar-refractivity contribution in [2.45, 2.75) is 19.5 Å². The molecule has 0 unspecified atom stereocenters. The molecule has 0 aromatic heterocycles. The van der Waals surface area contributed by atoms with Crippen molar-refractivity contribution in [3.05, 3.63) is 65.2 Å². The van der Waals surface area contributed by atoms with Gasteiger partial charge in [-0.3, -0.25) is 9.59 Å². The van der Waals surface area contributed by atoms with E-state index in [1.807, 2.05) is 19.1 Å². The van der Waals surface area contributed by atoms with Gasteiger partial charge in [-0.05, 0) is 30.7 Å². The Kier molecular flexibility index (Phi) is 6.02. The smallest absolute Gasteiger partial charge is 0.336 e. The molecule has 0 saturated carbocycles. The van der Waals surface area contributed by atoms with Crippen molar-refractivity contribution in [3.63, 3.8) is 0 Å². The topological polar surface area (TPSA) is 49.4 Å². The van der Waals surface area contributed by atoms with Gasteiger partial charge in [0.1, 0.15) is 0 Å². The zero-order chi connectivity index (χ0) is 19.3. The van der Waals surface area contributed by atoms with Gasteiger partial charge in [-0.1, -0.05) is 35.9 Å². The molecule has 26 heavy (non-hydrogen) atoms. The maximum atomic E-state index is 12.7. The molecule has 4 nitrogen and oxygen atoms in total. The molecule has 0 bridgehead atoms. The van der Waals surface area contributed by atoms with Crippen LogP contribution in [0.25, 0.3) is 0 Å². The van der Waals surface area contributed by atoms with Crippen molar-refractivity contribution in [1.82, 2.24) is 4.90 Å². The van der Waals surface area contributed by atoms with Crippen LogP contribution in [0, 0.1) is 6.92 Å². The lowest BCUT2D eigenvalue weighted by Gasteiger charge is -2.17. The third-order valence-corrected chi connectivity index (χ3v) is 3.75. The summed E-state index contributed by atoms with van der Waals surface area (Å²) in [4.78, 5) is 25.4. The number of likely N-dealkylation sites (N-methyl/N-ethyl adjacent to an activating group) is 1. The van der Waals surface area contributed by atoms with Gasteiger partial charge >= 0.3 is 6.18 Å². The summed E-state index contributed by atoms with van der Waals surface area (Å²) in [6.07, 6.45) is -4.67. The molecular formula is C19H19F3N2O2. The fraction of sp³-hybridized carbons (Fsp3) is 0.263. The van der Waals surface area contributed by atoms with Crippen LogP contribution in [-0.4, -0.2) is 30.3 Å². The number of alkyl halides is 3. The predicted octanol–water partition coefficient (Wildman–Crippen LogP) is 3.65. The highest BCUT2D eigenvalue weighted by atomic mass is 19.4. The largest absolute Gasteiger partial charge is 0.416 e. The van der Waals surface area contributed by atoms with E-state index in [9.17, 15) is 22.8 Å². The van der Waals surface area contributed by atoms with Crippen LogP contribution in [0.3, 0.4) is 0 Å². The zero-order valence-electron chi connectivity index (χ0n) is 14.4. The van der Waals surface area contributed by atoms with Gasteiger partial charge in [-0.2, -0.15) is 13.2 Å². The van der Waals surface area contributed by atoms with Crippen LogP contribution in [0.15, 0.2) is 48.5 Å². The third-order valence-electron chi connectivity index (χ3n) is 3.75. The minimum absolute atomic E-state index is 0.189. The van der Waals surface area contributed by atoms with E-state index in [4.69, 9.17) is 0 Å². The lowest BCUT2D eigenvalue weighted by Crippen LogP contribution is -2.35. The number of hydrogen-bond acceptors (Lipinski definition) is 2. The van der Waals surface area contributed by atoms with E-state index in [-0.39, 0.29) is 24.4 Å². The van der Waals surface area contributed by atoms with Crippen LogP contribution in [0.5, 0.6) is 0 Å². The maximum Gasteiger partial charge on any atom is 0.416 e. The lowest BCUT2D eigenvalue weighted by molar-refractivity contribution is -0.137. The molecule has 7 heteroatoms. The summed E-state index contributed by atoms with van der Waals surface area (Å²) in [6, 6.07) is 11.8. The Morgan fingerprint density at radius 1 is 1.08 bits per heavy atom. The third kappa shape index (κ3) is 5.61. The zero-order valence-corrected chi connectivity index (χ0v) is 14.4. The molecule has 2 aromatic carbocycles. The number of halogens is 3. The second-order valence-corrected chi connectivity index (χ2v) is 6.04. The van der Waals surface area contributed by atoms with E-state index >= 15 is 0 Å². The number of amides is 2. The van der Waals surface area contributed by atoms with Crippen molar-refractivity contribution < 1.29 is 22.8 Å². The minimum atomic E-state index is -4.46. The van der Waals surface area contributed by atoms with Crippen molar-refractivity contribution >= 4 is 17.5 Å². The van der Waals surface area contributed by atoms with Crippen molar-refractivity contribution in [2.75, 3.05) is 18.9 Å². The summed E-state index contributed by atoms with van der Waals surface area (Å²) < 4.78 is 38.2. The second kappa shape index (κ2) is 8.03. The molecule has 0 aliphatic carbocycles. The predicted molar refractivity (Wildman–Crippen MR) is 92.6 cm³/mol. The first-order valence-corrected chi connectivity index (χ1v) is 7.92. The number of nitrogens with zero attached hydrogens (tertiary/aromatic N) is 1. The number of hydrogen-bond donors (Lipinski definition) is 1. The summed E-state index contributed by atoms with van der Waals surface area (Å²) in [5.41, 5.74) is 1.11. The molecule has 0 fully saturated rings. The Morgan fingerprint density at radius 3 is 2.35 bits per heavy atom. The van der Waals surface area contributed by atoms with Crippen molar-refractivity contribution in [2.24, 2.45) is 0 Å². The molecule has 0 atom stereocenters. The second-order valence-electron chi connectivity index (χ2n) is 6.04. The first-order valence-electron chi connectivity index (χ1n) is 7.92. The quantitative estimate of drug-likeness (QED) is 0.880. The number of carbonyl (C=O) groups is 2. The molecule has 0 spiro atoms. The molecule has 0 aliphatic heterocycles. The lowest BCUT2D eigenvalue weighted by atomic mass is 10.1. The molecule has 0 heterocycles. The van der Waals surface area contributed by atoms with Gasteiger partial charge in [0.15, 0.2) is 0 Å². The molecule has 2 aromatic rings. The van der Waals surface area contributed by atoms with E-state index < -0.39 is 17.6 Å². The number of rotatable bonds is 5. The van der Waals surface area contributed by atoms with Crippen LogP contribution in [-0.2, 0) is 22.2 Å². The van der Waals surface area contributed by atoms with Crippen molar-refractivity contribution in [3.8, 4) is 0 Å². The van der Waals surface area contributed by atoms with Crippen molar-refractivity contribution in [1.29, 1.82) is 0 Å². The van der Waals surface area contributed by atoms with E-state index in [1.165, 1.54) is 24.1 Å². The van der Waals surface area contributed by atoms with Gasteiger partial charge in [0.25, 0.3) is 0 Å². The Morgan fingerprint density at radius 2 is 1.73 bits per heavy atom. The number of carbonyl (C=O) groups excluding carboxylic acids is 2. The van der Waals surface area contributed by atoms with Crippen LogP contribution in [0.2, 0.25) is 0 Å². The highest BCUT2D eigenvalue weighted by Gasteiger charge is 2.30. The molecule has 1 N–H and O–H groups in total. The Bertz CT molecular complexity index is 786. The maximum absolute atomic E-state index is 12.7. The Balaban J connectivity index is 1.93. The van der Waals surface area contributed by atoms with Gasteiger partial charge in [-0.25, -0.2) is 0 Å². The molecule has 0 saturated heterocycles. The van der Waals surface area contributed by atoms with Gasteiger partial charge in [0.2, 0.25) is 11.8 Å². The van der Waals surface area contributed by atoms with E-state index in [0.717, 1.165) is 17.7 Å². The molecule has 0 radical (unpaired) electrons. The number of aryl methyl sites for hydroxylation is 1. The standard InChI is InChI=1S/C19H19F3N2O2/c1-13-6-8-16(9-7-13)23-17(25)12-24(2)18(26)11-14-4-3-5-15(10-14)19(20,21)22/h3-10H,11-12H2,1-2H3,(H,23,25). The van der Waals surface area contributed by atoms with Gasteiger partial charge < -0.3 is 10.2 Å². The normalized spacial score (nSPS) is 11.1. The average Bonchev–Trinajstić information content (AvgIpc) is 2.56. The van der Waals surface area contributed by atoms with E-state index in [2.05, 4.69) is 5.32 Å². The van der Waals surface area contributed by atoms with Crippen LogP contribution >= 0.6 is 0 Å². The number of nitrogens with one attached hydrogen (secondary N) is 1. The molecule has 2 rings (SSSR count). The summed E-state index contributed by atoms with van der Waals surface area (Å²) in [5.74, 6) is -0.822. The highest BCUT2D eigenvalue weighted by molar-refractivity contribution is 5.94. The van der Waals surface area contributed by atoms with Crippen LogP contribution in [0.1, 0.15) is 16.7 Å². The highest BCUT2D eigenvalue weighted by Crippen LogP contribution is 2.29. The first kappa shape index (κ1) is 19.5. The van der Waals surface area contributed by atoms with Gasteiger partial charge in [0, 0.05) is 12.7 Å². The Labute approximate surface area is 149 Å². The Hall–Kier alpha value is -2.83. The summed E-state index contributed by atoms with van der Waals surface area (Å²) in [7, 11) is 1.44. The van der Waals surface area contributed by atoms with Gasteiger partial charge in [-0.15, -0.1) is 0 Å². The van der Waals surface area contributed by atoms with E-state index in [0.29, 0.717) is 5.69 Å². The monoisotopic (exact) mass is 364 g/mol. The molecule has 2 amide bonds. The summed E-state index contributed by atoms with van der Waals surface area (Å²) in [6.45, 7) is 1.73. The van der Waals surface area contributed by atoms with E-state index in [1.54, 1.807) is 12.1 Å². The molecular weight excluding hydrogens is 345 g/mol. The average molecular weight is 364 g/mol. The molecule has 0 aliphatic rings. The van der Waals surface area contributed by atoms with Crippen LogP contribution < -0.4 is 5.32 Å². The number of anilines is 1. The summed E-state index contributed by atoms with van der Waals surface area (Å²) >= 11 is 0. The summed E-state index contributed by atoms with van der Waals surface area (Å²) in [5, 5.41) is 2.67. The number of benzene rings is 2. The van der Waals surface area contributed by atoms with Crippen LogP contribution in [0.4, 0.5) is 18.9 Å².